The van der Waals surface area contributed by atoms with Crippen molar-refractivity contribution in [1.29, 1.82) is 0 Å². The molecule has 25 heavy (non-hydrogen) atoms. The highest BCUT2D eigenvalue weighted by atomic mass is 79.9. The van der Waals surface area contributed by atoms with Gasteiger partial charge in [-0.05, 0) is 52.5 Å². The van der Waals surface area contributed by atoms with Crippen molar-refractivity contribution in [2.75, 3.05) is 20.3 Å². The molecule has 2 heterocycles. The van der Waals surface area contributed by atoms with Crippen molar-refractivity contribution in [1.82, 2.24) is 10.3 Å². The van der Waals surface area contributed by atoms with E-state index in [2.05, 4.69) is 32.3 Å². The van der Waals surface area contributed by atoms with Crippen LogP contribution in [0.2, 0.25) is 0 Å². The molecule has 2 aromatic rings. The number of methoxy groups -OCH3 is 1. The van der Waals surface area contributed by atoms with Crippen LogP contribution in [0.5, 0.6) is 11.5 Å². The lowest BCUT2D eigenvalue weighted by Gasteiger charge is -2.15. The highest BCUT2D eigenvalue weighted by Gasteiger charge is 2.15. The molecule has 5 nitrogen and oxygen atoms in total. The average Bonchev–Trinajstić information content (AvgIpc) is 3.15. The van der Waals surface area contributed by atoms with Crippen LogP contribution in [0.3, 0.4) is 0 Å². The second-order valence-electron chi connectivity index (χ2n) is 6.02. The lowest BCUT2D eigenvalue weighted by atomic mass is 10.2. The molecule has 1 N–H and O–H groups in total. The number of aromatic nitrogens is 1. The van der Waals surface area contributed by atoms with Crippen LogP contribution in [0.1, 0.15) is 24.0 Å². The van der Waals surface area contributed by atoms with Gasteiger partial charge in [0.1, 0.15) is 6.61 Å². The molecule has 3 rings (SSSR count). The van der Waals surface area contributed by atoms with Gasteiger partial charge in [0, 0.05) is 37.7 Å². The molecule has 1 aromatic carbocycles. The van der Waals surface area contributed by atoms with E-state index in [9.17, 15) is 0 Å². The molecule has 134 valence electrons. The predicted octanol–water partition coefficient (Wildman–Crippen LogP) is 3.70. The highest BCUT2D eigenvalue weighted by Crippen LogP contribution is 2.37. The second-order valence-corrected chi connectivity index (χ2v) is 6.88. The van der Waals surface area contributed by atoms with E-state index in [4.69, 9.17) is 14.2 Å². The van der Waals surface area contributed by atoms with Crippen molar-refractivity contribution < 1.29 is 14.2 Å². The van der Waals surface area contributed by atoms with Gasteiger partial charge in [0.25, 0.3) is 0 Å². The van der Waals surface area contributed by atoms with E-state index < -0.39 is 0 Å². The summed E-state index contributed by atoms with van der Waals surface area (Å²) in [5.41, 5.74) is 2.15. The van der Waals surface area contributed by atoms with Crippen molar-refractivity contribution in [3.05, 3.63) is 52.3 Å². The smallest absolute Gasteiger partial charge is 0.175 e. The summed E-state index contributed by atoms with van der Waals surface area (Å²) in [6.45, 7) is 2.96. The van der Waals surface area contributed by atoms with E-state index in [1.54, 1.807) is 19.5 Å². The molecular weight excluding hydrogens is 384 g/mol. The Balaban J connectivity index is 1.61. The third-order valence-electron chi connectivity index (χ3n) is 4.12. The van der Waals surface area contributed by atoms with Gasteiger partial charge in [0.15, 0.2) is 11.5 Å². The number of halogens is 1. The zero-order valence-corrected chi connectivity index (χ0v) is 15.9. The summed E-state index contributed by atoms with van der Waals surface area (Å²) in [5, 5.41) is 3.45. The van der Waals surface area contributed by atoms with Crippen molar-refractivity contribution in [3.8, 4) is 11.5 Å². The van der Waals surface area contributed by atoms with Crippen LogP contribution in [0.25, 0.3) is 0 Å². The molecule has 0 radical (unpaired) electrons. The van der Waals surface area contributed by atoms with Gasteiger partial charge in [-0.25, -0.2) is 0 Å². The number of rotatable bonds is 8. The van der Waals surface area contributed by atoms with E-state index in [1.165, 1.54) is 0 Å². The Morgan fingerprint density at radius 3 is 3.00 bits per heavy atom. The topological polar surface area (TPSA) is 52.6 Å². The zero-order chi connectivity index (χ0) is 17.5. The first-order chi connectivity index (χ1) is 12.3. The summed E-state index contributed by atoms with van der Waals surface area (Å²) in [6.07, 6.45) is 6.19. The average molecular weight is 407 g/mol. The Labute approximate surface area is 156 Å². The number of benzene rings is 1. The first kappa shape index (κ1) is 18.2. The molecule has 1 atom stereocenters. The number of hydrogen-bond acceptors (Lipinski definition) is 5. The molecule has 0 bridgehead atoms. The molecule has 1 aliphatic heterocycles. The van der Waals surface area contributed by atoms with Crippen LogP contribution in [0.4, 0.5) is 0 Å². The van der Waals surface area contributed by atoms with Gasteiger partial charge < -0.3 is 19.5 Å². The minimum absolute atomic E-state index is 0.340. The molecule has 0 saturated carbocycles. The Morgan fingerprint density at radius 2 is 2.28 bits per heavy atom. The predicted molar refractivity (Wildman–Crippen MR) is 99.9 cm³/mol. The molecule has 1 aromatic heterocycles. The Hall–Kier alpha value is -1.63. The van der Waals surface area contributed by atoms with Gasteiger partial charge in [-0.2, -0.15) is 0 Å². The molecule has 1 aliphatic rings. The van der Waals surface area contributed by atoms with E-state index >= 15 is 0 Å². The fourth-order valence-electron chi connectivity index (χ4n) is 2.84. The zero-order valence-electron chi connectivity index (χ0n) is 14.3. The first-order valence-corrected chi connectivity index (χ1v) is 9.26. The molecule has 1 saturated heterocycles. The number of nitrogens with one attached hydrogen (secondary N) is 1. The number of hydrogen-bond donors (Lipinski definition) is 1. The third kappa shape index (κ3) is 5.17. The molecule has 0 aliphatic carbocycles. The Kier molecular flexibility index (Phi) is 6.67. The van der Waals surface area contributed by atoms with Crippen LogP contribution in [0, 0.1) is 0 Å². The maximum absolute atomic E-state index is 5.93. The lowest BCUT2D eigenvalue weighted by molar-refractivity contribution is 0.110. The monoisotopic (exact) mass is 406 g/mol. The third-order valence-corrected chi connectivity index (χ3v) is 4.71. The quantitative estimate of drug-likeness (QED) is 0.723. The summed E-state index contributed by atoms with van der Waals surface area (Å²) in [6, 6.07) is 7.94. The van der Waals surface area contributed by atoms with Crippen molar-refractivity contribution in [3.63, 3.8) is 0 Å². The van der Waals surface area contributed by atoms with Crippen LogP contribution in [0.15, 0.2) is 41.1 Å². The standard InChI is InChI=1S/C19H23BrN2O3/c1-23-18-9-15(11-22-12-16-5-3-7-24-16)8-17(20)19(18)25-13-14-4-2-6-21-10-14/h2,4,6,8-10,16,22H,3,5,7,11-13H2,1H3/t16-/m1/s1. The summed E-state index contributed by atoms with van der Waals surface area (Å²) in [4.78, 5) is 4.10. The summed E-state index contributed by atoms with van der Waals surface area (Å²) >= 11 is 3.60. The first-order valence-electron chi connectivity index (χ1n) is 8.46. The molecular formula is C19H23BrN2O3. The van der Waals surface area contributed by atoms with Gasteiger partial charge in [-0.3, -0.25) is 4.98 Å². The minimum Gasteiger partial charge on any atom is -0.493 e. The van der Waals surface area contributed by atoms with Crippen molar-refractivity contribution >= 4 is 15.9 Å². The maximum atomic E-state index is 5.93. The van der Waals surface area contributed by atoms with E-state index in [0.29, 0.717) is 24.2 Å². The SMILES string of the molecule is COc1cc(CNC[C@H]2CCCO2)cc(Br)c1OCc1cccnc1. The van der Waals surface area contributed by atoms with Gasteiger partial charge in [0.2, 0.25) is 0 Å². The maximum Gasteiger partial charge on any atom is 0.175 e. The van der Waals surface area contributed by atoms with E-state index in [-0.39, 0.29) is 0 Å². The van der Waals surface area contributed by atoms with Gasteiger partial charge in [-0.15, -0.1) is 0 Å². The van der Waals surface area contributed by atoms with Crippen LogP contribution in [-0.2, 0) is 17.9 Å². The molecule has 0 amide bonds. The second kappa shape index (κ2) is 9.17. The van der Waals surface area contributed by atoms with E-state index in [1.807, 2.05) is 18.2 Å². The van der Waals surface area contributed by atoms with Crippen LogP contribution < -0.4 is 14.8 Å². The van der Waals surface area contributed by atoms with Gasteiger partial charge in [0.05, 0.1) is 17.7 Å². The summed E-state index contributed by atoms with van der Waals surface area (Å²) < 4.78 is 18.0. The Bertz CT molecular complexity index is 676. The number of pyridine rings is 1. The van der Waals surface area contributed by atoms with Gasteiger partial charge >= 0.3 is 0 Å². The van der Waals surface area contributed by atoms with Crippen LogP contribution in [-0.4, -0.2) is 31.3 Å². The van der Waals surface area contributed by atoms with Crippen LogP contribution >= 0.6 is 15.9 Å². The molecule has 0 spiro atoms. The minimum atomic E-state index is 0.340. The molecule has 1 fully saturated rings. The molecule has 6 heteroatoms. The normalized spacial score (nSPS) is 16.8. The number of nitrogens with zero attached hydrogens (tertiary/aromatic N) is 1. The summed E-state index contributed by atoms with van der Waals surface area (Å²) in [7, 11) is 1.66. The Morgan fingerprint density at radius 1 is 1.36 bits per heavy atom. The van der Waals surface area contributed by atoms with E-state index in [0.717, 1.165) is 48.1 Å². The molecule has 0 unspecified atom stereocenters. The number of ether oxygens (including phenoxy) is 3. The van der Waals surface area contributed by atoms with Crippen molar-refractivity contribution in [2.24, 2.45) is 0 Å². The van der Waals surface area contributed by atoms with Crippen molar-refractivity contribution in [2.45, 2.75) is 32.1 Å². The highest BCUT2D eigenvalue weighted by molar-refractivity contribution is 9.10. The fourth-order valence-corrected chi connectivity index (χ4v) is 3.44. The summed E-state index contributed by atoms with van der Waals surface area (Å²) in [5.74, 6) is 1.42. The van der Waals surface area contributed by atoms with Gasteiger partial charge in [-0.1, -0.05) is 6.07 Å². The fraction of sp³-hybridized carbons (Fsp3) is 0.421. The lowest BCUT2D eigenvalue weighted by Crippen LogP contribution is -2.25. The largest absolute Gasteiger partial charge is 0.493 e.